The van der Waals surface area contributed by atoms with Gasteiger partial charge in [-0.05, 0) is 81.8 Å². The summed E-state index contributed by atoms with van der Waals surface area (Å²) in [5, 5.41) is 2.38. The van der Waals surface area contributed by atoms with Crippen LogP contribution in [0.25, 0.3) is 22.5 Å². The van der Waals surface area contributed by atoms with Crippen LogP contribution in [0, 0.1) is 0 Å². The summed E-state index contributed by atoms with van der Waals surface area (Å²) in [7, 11) is 1.67. The zero-order valence-electron chi connectivity index (χ0n) is 24.8. The first-order valence-electron chi connectivity index (χ1n) is 15.1. The minimum atomic E-state index is -0.229. The molecule has 0 radical (unpaired) electrons. The molecule has 2 heterocycles. The molecule has 8 rings (SSSR count). The van der Waals surface area contributed by atoms with Crippen molar-refractivity contribution >= 4 is 33.9 Å². The maximum atomic E-state index is 14.2. The second-order valence-electron chi connectivity index (χ2n) is 11.4. The average Bonchev–Trinajstić information content (AvgIpc) is 3.40. The molecule has 6 heteroatoms. The molecule has 6 aromatic rings. The third kappa shape index (κ3) is 4.97. The molecule has 0 bridgehead atoms. The summed E-state index contributed by atoms with van der Waals surface area (Å²) < 4.78 is 14.2. The number of hydrogen-bond donors (Lipinski definition) is 0. The minimum absolute atomic E-state index is 0.0351. The molecule has 1 aromatic heterocycles. The van der Waals surface area contributed by atoms with Gasteiger partial charge in [-0.2, -0.15) is 0 Å². The first kappa shape index (κ1) is 27.4. The first-order valence-corrected chi connectivity index (χ1v) is 15.9. The number of fused-ring (bicyclic) bond motifs is 4. The largest absolute Gasteiger partial charge is 0.497 e. The predicted molar refractivity (Wildman–Crippen MR) is 180 cm³/mol. The highest BCUT2D eigenvalue weighted by atomic mass is 32.1. The van der Waals surface area contributed by atoms with Crippen molar-refractivity contribution in [3.8, 4) is 11.5 Å². The standard InChI is InChI=1S/C39H30N2O3S/c1-43-30-19-16-28(17-20-30)37-34-21-18-27-10-3-5-15-33(27)36(34)40-39-41(37)38(42)35(45-39)23-25-8-6-13-31(22-25)44-24-29-12-7-11-26-9-2-4-14-32(26)29/h2-17,19-20,22-23,37H,18,21,24H2,1H3/b35-23-/t37-/m1/s1. The molecule has 0 N–H and O–H groups in total. The van der Waals surface area contributed by atoms with Gasteiger partial charge >= 0.3 is 0 Å². The minimum Gasteiger partial charge on any atom is -0.497 e. The molecular formula is C39H30N2O3S. The fraction of sp³-hybridized carbons (Fsp3) is 0.128. The van der Waals surface area contributed by atoms with E-state index in [0.717, 1.165) is 52.3 Å². The van der Waals surface area contributed by atoms with Crippen molar-refractivity contribution in [2.45, 2.75) is 25.5 Å². The number of rotatable bonds is 6. The number of allylic oxidation sites excluding steroid dienone is 1. The Labute approximate surface area is 264 Å². The molecule has 220 valence electrons. The third-order valence-corrected chi connectivity index (χ3v) is 9.72. The van der Waals surface area contributed by atoms with Crippen LogP contribution in [0.4, 0.5) is 0 Å². The Morgan fingerprint density at radius 3 is 2.56 bits per heavy atom. The number of methoxy groups -OCH3 is 1. The highest BCUT2D eigenvalue weighted by Gasteiger charge is 2.32. The van der Waals surface area contributed by atoms with Gasteiger partial charge in [-0.3, -0.25) is 9.36 Å². The maximum absolute atomic E-state index is 14.2. The Hall–Kier alpha value is -5.20. The molecule has 5 aromatic carbocycles. The summed E-state index contributed by atoms with van der Waals surface area (Å²) in [5.74, 6) is 1.55. The van der Waals surface area contributed by atoms with Gasteiger partial charge in [-0.1, -0.05) is 102 Å². The summed E-state index contributed by atoms with van der Waals surface area (Å²) in [4.78, 5) is 20.0. The van der Waals surface area contributed by atoms with Crippen LogP contribution in [0.5, 0.6) is 11.5 Å². The van der Waals surface area contributed by atoms with E-state index in [1.807, 2.05) is 53.1 Å². The average molecular weight is 607 g/mol. The fourth-order valence-corrected chi connectivity index (χ4v) is 7.53. The van der Waals surface area contributed by atoms with Crippen LogP contribution in [-0.4, -0.2) is 11.7 Å². The maximum Gasteiger partial charge on any atom is 0.271 e. The Bertz CT molecular complexity index is 2290. The lowest BCUT2D eigenvalue weighted by Gasteiger charge is -2.30. The molecule has 1 aliphatic carbocycles. The molecule has 0 spiro atoms. The van der Waals surface area contributed by atoms with Crippen LogP contribution in [-0.2, 0) is 13.0 Å². The van der Waals surface area contributed by atoms with Gasteiger partial charge in [-0.15, -0.1) is 0 Å². The molecule has 0 fully saturated rings. The van der Waals surface area contributed by atoms with Gasteiger partial charge in [0.1, 0.15) is 18.1 Å². The van der Waals surface area contributed by atoms with Crippen molar-refractivity contribution in [1.29, 1.82) is 0 Å². The Balaban J connectivity index is 1.19. The van der Waals surface area contributed by atoms with Gasteiger partial charge < -0.3 is 9.47 Å². The zero-order valence-corrected chi connectivity index (χ0v) is 25.6. The van der Waals surface area contributed by atoms with Gasteiger partial charge in [0.15, 0.2) is 4.80 Å². The molecule has 45 heavy (non-hydrogen) atoms. The van der Waals surface area contributed by atoms with E-state index in [1.54, 1.807) is 7.11 Å². The summed E-state index contributed by atoms with van der Waals surface area (Å²) in [6, 6.07) is 38.9. The van der Waals surface area contributed by atoms with Crippen molar-refractivity contribution in [3.05, 3.63) is 168 Å². The molecule has 1 atom stereocenters. The van der Waals surface area contributed by atoms with Crippen molar-refractivity contribution in [3.63, 3.8) is 0 Å². The van der Waals surface area contributed by atoms with Gasteiger partial charge in [0, 0.05) is 5.56 Å². The summed E-state index contributed by atoms with van der Waals surface area (Å²) in [5.41, 5.74) is 7.69. The van der Waals surface area contributed by atoms with E-state index in [2.05, 4.69) is 72.8 Å². The van der Waals surface area contributed by atoms with E-state index in [9.17, 15) is 4.79 Å². The predicted octanol–water partition coefficient (Wildman–Crippen LogP) is 7.06. The number of aryl methyl sites for hydroxylation is 1. The van der Waals surface area contributed by atoms with Crippen molar-refractivity contribution < 1.29 is 9.47 Å². The Kier molecular flexibility index (Phi) is 6.92. The highest BCUT2D eigenvalue weighted by Crippen LogP contribution is 2.41. The first-order chi connectivity index (χ1) is 22.2. The van der Waals surface area contributed by atoms with Gasteiger partial charge in [-0.25, -0.2) is 4.99 Å². The zero-order chi connectivity index (χ0) is 30.3. The molecule has 2 aliphatic rings. The molecule has 0 unspecified atom stereocenters. The van der Waals surface area contributed by atoms with Crippen LogP contribution in [0.15, 0.2) is 131 Å². The van der Waals surface area contributed by atoms with Gasteiger partial charge in [0.2, 0.25) is 0 Å². The van der Waals surface area contributed by atoms with E-state index in [1.165, 1.54) is 33.2 Å². The number of benzene rings is 5. The van der Waals surface area contributed by atoms with E-state index in [4.69, 9.17) is 14.5 Å². The van der Waals surface area contributed by atoms with Crippen molar-refractivity contribution in [2.24, 2.45) is 4.99 Å². The van der Waals surface area contributed by atoms with E-state index < -0.39 is 0 Å². The van der Waals surface area contributed by atoms with Gasteiger partial charge in [0.05, 0.1) is 23.4 Å². The quantitative estimate of drug-likeness (QED) is 0.204. The lowest BCUT2D eigenvalue weighted by atomic mass is 9.83. The van der Waals surface area contributed by atoms with Crippen LogP contribution >= 0.6 is 11.3 Å². The fourth-order valence-electron chi connectivity index (χ4n) is 6.53. The van der Waals surface area contributed by atoms with E-state index in [-0.39, 0.29) is 11.6 Å². The lowest BCUT2D eigenvalue weighted by Crippen LogP contribution is -2.38. The molecule has 0 saturated heterocycles. The number of nitrogens with zero attached hydrogens (tertiary/aromatic N) is 2. The smallest absolute Gasteiger partial charge is 0.271 e. The monoisotopic (exact) mass is 606 g/mol. The second kappa shape index (κ2) is 11.4. The van der Waals surface area contributed by atoms with Crippen LogP contribution in [0.1, 0.15) is 40.3 Å². The number of hydrogen-bond acceptors (Lipinski definition) is 5. The van der Waals surface area contributed by atoms with Gasteiger partial charge in [0.25, 0.3) is 5.56 Å². The second-order valence-corrected chi connectivity index (χ2v) is 12.4. The van der Waals surface area contributed by atoms with E-state index >= 15 is 0 Å². The van der Waals surface area contributed by atoms with Crippen LogP contribution in [0.2, 0.25) is 0 Å². The number of thiazole rings is 1. The molecule has 1 aliphatic heterocycles. The number of aromatic nitrogens is 1. The Morgan fingerprint density at radius 1 is 0.867 bits per heavy atom. The third-order valence-electron chi connectivity index (χ3n) is 8.73. The molecule has 0 saturated carbocycles. The van der Waals surface area contributed by atoms with Crippen LogP contribution < -0.4 is 24.4 Å². The normalized spacial score (nSPS) is 15.7. The summed E-state index contributed by atoms with van der Waals surface area (Å²) >= 11 is 1.44. The number of ether oxygens (including phenoxy) is 2. The molecular weight excluding hydrogens is 577 g/mol. The SMILES string of the molecule is COc1ccc([C@@H]2C3=C(N=c4s/c(=C\c5cccc(OCc6cccc7ccccc67)c5)c(=O)n42)c2ccccc2CC3)cc1. The van der Waals surface area contributed by atoms with Crippen molar-refractivity contribution in [2.75, 3.05) is 7.11 Å². The molecule has 0 amide bonds. The lowest BCUT2D eigenvalue weighted by molar-refractivity contribution is 0.307. The summed E-state index contributed by atoms with van der Waals surface area (Å²) in [6.45, 7) is 0.460. The van der Waals surface area contributed by atoms with Crippen LogP contribution in [0.3, 0.4) is 0 Å². The molecule has 5 nitrogen and oxygen atoms in total. The van der Waals surface area contributed by atoms with E-state index in [0.29, 0.717) is 15.9 Å². The topological polar surface area (TPSA) is 52.8 Å². The summed E-state index contributed by atoms with van der Waals surface area (Å²) in [6.07, 6.45) is 3.73. The Morgan fingerprint density at radius 2 is 1.67 bits per heavy atom. The van der Waals surface area contributed by atoms with Crippen molar-refractivity contribution in [1.82, 2.24) is 4.57 Å². The highest BCUT2D eigenvalue weighted by molar-refractivity contribution is 7.07.